The highest BCUT2D eigenvalue weighted by atomic mass is 35.5. The van der Waals surface area contributed by atoms with E-state index >= 15 is 0 Å². The summed E-state index contributed by atoms with van der Waals surface area (Å²) < 4.78 is 13.8. The van der Waals surface area contributed by atoms with Gasteiger partial charge in [-0.3, -0.25) is 29.0 Å². The van der Waals surface area contributed by atoms with Gasteiger partial charge < -0.3 is 19.7 Å². The summed E-state index contributed by atoms with van der Waals surface area (Å²) in [5, 5.41) is 14.5. The molecule has 1 saturated carbocycles. The molecule has 296 valence electrons. The van der Waals surface area contributed by atoms with Crippen molar-refractivity contribution in [3.05, 3.63) is 116 Å². The number of unbranched alkanes of at least 4 members (excludes halogenated alkanes) is 2. The summed E-state index contributed by atoms with van der Waals surface area (Å²) in [5.41, 5.74) is -0.175. The van der Waals surface area contributed by atoms with Gasteiger partial charge in [-0.05, 0) is 68.3 Å². The highest BCUT2D eigenvalue weighted by Gasteiger charge is 2.64. The van der Waals surface area contributed by atoms with E-state index in [1.165, 1.54) is 16.8 Å². The van der Waals surface area contributed by atoms with Crippen molar-refractivity contribution in [1.82, 2.24) is 29.7 Å². The first-order chi connectivity index (χ1) is 27.3. The number of H-pyrrole nitrogens is 1. The quantitative estimate of drug-likeness (QED) is 0.136. The first kappa shape index (κ1) is 39.5. The third-order valence-electron chi connectivity index (χ3n) is 11.3. The summed E-state index contributed by atoms with van der Waals surface area (Å²) in [6, 6.07) is 17.8. The van der Waals surface area contributed by atoms with E-state index in [9.17, 15) is 19.6 Å². The number of amides is 1. The van der Waals surface area contributed by atoms with Gasteiger partial charge in [0.25, 0.3) is 11.5 Å². The minimum Gasteiger partial charge on any atom is -0.494 e. The monoisotopic (exact) mass is 790 g/mol. The van der Waals surface area contributed by atoms with Gasteiger partial charge in [-0.25, -0.2) is 9.78 Å². The molecule has 2 aromatic carbocycles. The lowest BCUT2D eigenvalue weighted by Crippen LogP contribution is -2.74. The number of aromatic nitrogens is 4. The van der Waals surface area contributed by atoms with Gasteiger partial charge in [0.15, 0.2) is 0 Å². The molecular formula is C43H47ClN8O5. The molecule has 0 unspecified atom stereocenters. The van der Waals surface area contributed by atoms with Gasteiger partial charge in [-0.1, -0.05) is 39.3 Å². The van der Waals surface area contributed by atoms with Crippen LogP contribution in [0.3, 0.4) is 0 Å². The van der Waals surface area contributed by atoms with Crippen LogP contribution in [0.1, 0.15) is 62.9 Å². The van der Waals surface area contributed by atoms with Crippen LogP contribution in [-0.4, -0.2) is 81.8 Å². The molecule has 0 spiro atoms. The molecule has 13 nitrogen and oxygen atoms in total. The third-order valence-corrected chi connectivity index (χ3v) is 11.6. The van der Waals surface area contributed by atoms with E-state index in [1.807, 2.05) is 30.3 Å². The summed E-state index contributed by atoms with van der Waals surface area (Å²) in [7, 11) is 0. The van der Waals surface area contributed by atoms with Crippen molar-refractivity contribution >= 4 is 34.1 Å². The number of benzene rings is 2. The van der Waals surface area contributed by atoms with E-state index in [1.54, 1.807) is 36.8 Å². The molecule has 1 aliphatic heterocycles. The van der Waals surface area contributed by atoms with Crippen LogP contribution in [0, 0.1) is 22.2 Å². The van der Waals surface area contributed by atoms with Crippen LogP contribution in [0.5, 0.6) is 11.5 Å². The Morgan fingerprint density at radius 1 is 0.947 bits per heavy atom. The van der Waals surface area contributed by atoms with Crippen LogP contribution >= 0.6 is 11.6 Å². The predicted molar refractivity (Wildman–Crippen MR) is 220 cm³/mol. The van der Waals surface area contributed by atoms with Crippen molar-refractivity contribution in [2.45, 2.75) is 59.1 Å². The molecule has 5 aromatic rings. The molecule has 0 radical (unpaired) electrons. The molecule has 2 fully saturated rings. The number of nitrogens with one attached hydrogen (secondary N) is 2. The van der Waals surface area contributed by atoms with Gasteiger partial charge in [-0.2, -0.15) is 5.26 Å². The van der Waals surface area contributed by atoms with Crippen molar-refractivity contribution in [2.24, 2.45) is 10.8 Å². The Morgan fingerprint density at radius 3 is 2.42 bits per heavy atom. The maximum atomic E-state index is 13.4. The zero-order chi connectivity index (χ0) is 40.3. The number of hydrogen-bond acceptors (Lipinski definition) is 10. The van der Waals surface area contributed by atoms with Crippen LogP contribution in [0.2, 0.25) is 5.02 Å². The first-order valence-electron chi connectivity index (χ1n) is 19.3. The molecule has 3 aromatic heterocycles. The van der Waals surface area contributed by atoms with E-state index in [0.29, 0.717) is 34.2 Å². The topological polar surface area (TPSA) is 158 Å². The van der Waals surface area contributed by atoms with Crippen LogP contribution in [0.25, 0.3) is 16.5 Å². The average molecular weight is 791 g/mol. The fourth-order valence-electron chi connectivity index (χ4n) is 8.55. The Kier molecular flexibility index (Phi) is 11.4. The van der Waals surface area contributed by atoms with E-state index in [0.717, 1.165) is 74.3 Å². The van der Waals surface area contributed by atoms with E-state index in [-0.39, 0.29) is 28.9 Å². The number of rotatable bonds is 13. The van der Waals surface area contributed by atoms with Crippen LogP contribution in [0.4, 0.5) is 5.82 Å². The zero-order valence-corrected chi connectivity index (χ0v) is 33.4. The van der Waals surface area contributed by atoms with Crippen molar-refractivity contribution in [1.29, 1.82) is 5.26 Å². The second-order valence-corrected chi connectivity index (χ2v) is 16.4. The van der Waals surface area contributed by atoms with Gasteiger partial charge in [0.05, 0.1) is 34.6 Å². The molecule has 1 saturated heterocycles. The largest absolute Gasteiger partial charge is 0.494 e. The van der Waals surface area contributed by atoms with Crippen molar-refractivity contribution in [3.8, 4) is 23.3 Å². The number of aromatic amines is 1. The molecule has 4 heterocycles. The smallest absolute Gasteiger partial charge is 0.332 e. The number of piperazine rings is 1. The van der Waals surface area contributed by atoms with Crippen LogP contribution in [-0.2, 0) is 0 Å². The Bertz CT molecular complexity index is 2400. The maximum Gasteiger partial charge on any atom is 0.332 e. The molecule has 2 aliphatic rings. The number of carbonyl (C=O) groups is 1. The number of pyridine rings is 2. The minimum absolute atomic E-state index is 0.139. The highest BCUT2D eigenvalue weighted by molar-refractivity contribution is 6.31. The highest BCUT2D eigenvalue weighted by Crippen LogP contribution is 2.55. The maximum absolute atomic E-state index is 13.4. The Morgan fingerprint density at radius 2 is 1.72 bits per heavy atom. The molecule has 14 heteroatoms. The number of nitriles is 1. The number of halogens is 1. The van der Waals surface area contributed by atoms with Gasteiger partial charge in [-0.15, -0.1) is 0 Å². The van der Waals surface area contributed by atoms with E-state index in [2.05, 4.69) is 63.8 Å². The Labute approximate surface area is 336 Å². The molecule has 0 bridgehead atoms. The fourth-order valence-corrected chi connectivity index (χ4v) is 8.76. The molecule has 2 N–H and O–H groups in total. The standard InChI is InChI=1S/C43H47ClN8O5/c1-42(2)39(43(3,4)40(42)57-32-10-8-28(24-45)34(44)23-32)49-38(54)29-9-13-36(47-26-29)51-19-17-50(18-20-51)15-6-5-7-21-56-31-11-12-33-30(22-31)25-46-27-35(33)52-16-14-37(53)48-41(52)55/h8-14,16,22-23,25-27,39-40H,5-7,15,17-21H2,1-4H3,(H,49,54)(H,48,53,55)/t39-,40-. The minimum atomic E-state index is -0.515. The summed E-state index contributed by atoms with van der Waals surface area (Å²) >= 11 is 6.24. The molecule has 7 rings (SSSR count). The van der Waals surface area contributed by atoms with Crippen molar-refractivity contribution in [3.63, 3.8) is 0 Å². The number of fused-ring (bicyclic) bond motifs is 1. The molecular weight excluding hydrogens is 744 g/mol. The number of hydrogen-bond donors (Lipinski definition) is 2. The average Bonchev–Trinajstić information content (AvgIpc) is 3.20. The van der Waals surface area contributed by atoms with Crippen molar-refractivity contribution in [2.75, 3.05) is 44.2 Å². The fraction of sp³-hybridized carbons (Fsp3) is 0.395. The van der Waals surface area contributed by atoms with Gasteiger partial charge >= 0.3 is 5.69 Å². The second-order valence-electron chi connectivity index (χ2n) is 16.0. The molecule has 1 amide bonds. The lowest BCUT2D eigenvalue weighted by molar-refractivity contribution is -0.164. The number of nitrogens with zero attached hydrogens (tertiary/aromatic N) is 6. The summed E-state index contributed by atoms with van der Waals surface area (Å²) in [5.74, 6) is 2.04. The number of ether oxygens (including phenoxy) is 2. The number of carbonyl (C=O) groups excluding carboxylic acids is 1. The Balaban J connectivity index is 0.820. The van der Waals surface area contributed by atoms with Crippen molar-refractivity contribution < 1.29 is 14.3 Å². The summed E-state index contributed by atoms with van der Waals surface area (Å²) in [6.07, 6.45) is 9.32. The predicted octanol–water partition coefficient (Wildman–Crippen LogP) is 5.98. The Hall–Kier alpha value is -5.71. The molecule has 1 aliphatic carbocycles. The third kappa shape index (κ3) is 8.38. The first-order valence-corrected chi connectivity index (χ1v) is 19.7. The lowest BCUT2D eigenvalue weighted by atomic mass is 9.49. The molecule has 57 heavy (non-hydrogen) atoms. The van der Waals surface area contributed by atoms with Crippen LogP contribution < -0.4 is 30.9 Å². The SMILES string of the molecule is CC1(C)[C@H](NC(=O)c2ccc(N3CCN(CCCCCOc4ccc5c(-n6ccc(=O)[nH]c6=O)cncc5c4)CC3)nc2)C(C)(C)[C@H]1Oc1ccc(C#N)c(Cl)c1. The van der Waals surface area contributed by atoms with Crippen LogP contribution in [0.15, 0.2) is 89.0 Å². The second kappa shape index (κ2) is 16.4. The van der Waals surface area contributed by atoms with Gasteiger partial charge in [0.2, 0.25) is 0 Å². The molecule has 0 atom stereocenters. The van der Waals surface area contributed by atoms with Gasteiger partial charge in [0, 0.05) is 84.5 Å². The number of anilines is 1. The normalized spacial score (nSPS) is 18.7. The summed E-state index contributed by atoms with van der Waals surface area (Å²) in [6.45, 7) is 13.6. The summed E-state index contributed by atoms with van der Waals surface area (Å²) in [4.78, 5) is 53.2. The van der Waals surface area contributed by atoms with E-state index < -0.39 is 11.2 Å². The lowest BCUT2D eigenvalue weighted by Gasteiger charge is -2.63. The zero-order valence-electron chi connectivity index (χ0n) is 32.6. The van der Waals surface area contributed by atoms with E-state index in [4.69, 9.17) is 21.1 Å². The van der Waals surface area contributed by atoms with Gasteiger partial charge in [0.1, 0.15) is 29.5 Å².